The van der Waals surface area contributed by atoms with Crippen molar-refractivity contribution in [1.82, 2.24) is 19.7 Å². The third kappa shape index (κ3) is 4.16. The Bertz CT molecular complexity index is 1020. The van der Waals surface area contributed by atoms with Crippen LogP contribution in [0.3, 0.4) is 0 Å². The second-order valence-electron chi connectivity index (χ2n) is 6.50. The van der Waals surface area contributed by atoms with Gasteiger partial charge in [0.2, 0.25) is 0 Å². The van der Waals surface area contributed by atoms with Crippen molar-refractivity contribution in [2.24, 2.45) is 0 Å². The zero-order chi connectivity index (χ0) is 21.1. The minimum atomic E-state index is -0.413. The maximum Gasteiger partial charge on any atom is 0.340 e. The molecule has 29 heavy (non-hydrogen) atoms. The summed E-state index contributed by atoms with van der Waals surface area (Å²) in [6, 6.07) is 3.98. The van der Waals surface area contributed by atoms with Gasteiger partial charge >= 0.3 is 5.97 Å². The number of thioether (sulfide) groups is 1. The van der Waals surface area contributed by atoms with Crippen LogP contribution in [0.1, 0.15) is 52.9 Å². The Morgan fingerprint density at radius 1 is 1.31 bits per heavy atom. The molecule has 0 amide bonds. The molecule has 3 aromatic heterocycles. The Balaban J connectivity index is 1.84. The fourth-order valence-corrected chi connectivity index (χ4v) is 4.86. The number of hydrogen-bond acceptors (Lipinski definition) is 7. The third-order valence-electron chi connectivity index (χ3n) is 4.59. The Morgan fingerprint density at radius 2 is 2.07 bits per heavy atom. The van der Waals surface area contributed by atoms with Gasteiger partial charge in [0, 0.05) is 12.2 Å². The highest BCUT2D eigenvalue weighted by molar-refractivity contribution is 8.00. The molecule has 1 atom stereocenters. The van der Waals surface area contributed by atoms with Crippen molar-refractivity contribution in [3.8, 4) is 10.7 Å². The molecule has 0 saturated carbocycles. The standard InChI is InChI=1S/C20H24N4O3S2/c1-6-24-18(14-9-8-10-28-14)22-23-20(24)29-13(5)17(25)16-11(3)15(12(4)21-16)19(26)27-7-2/h8-10,13,21H,6-7H2,1-5H3. The van der Waals surface area contributed by atoms with Gasteiger partial charge in [0.1, 0.15) is 0 Å². The normalized spacial score (nSPS) is 12.2. The number of aromatic amines is 1. The van der Waals surface area contributed by atoms with Crippen LogP contribution >= 0.6 is 23.1 Å². The van der Waals surface area contributed by atoms with Crippen LogP contribution in [0.15, 0.2) is 22.7 Å². The summed E-state index contributed by atoms with van der Waals surface area (Å²) >= 11 is 2.97. The van der Waals surface area contributed by atoms with Crippen molar-refractivity contribution in [3.63, 3.8) is 0 Å². The van der Waals surface area contributed by atoms with E-state index < -0.39 is 11.2 Å². The number of Topliss-reactive ketones (excluding diaryl/α,β-unsaturated/α-hetero) is 1. The SMILES string of the molecule is CCOC(=O)c1c(C)[nH]c(C(=O)C(C)Sc2nnc(-c3cccs3)n2CC)c1C. The summed E-state index contributed by atoms with van der Waals surface area (Å²) in [5.41, 5.74) is 2.13. The molecule has 0 aromatic carbocycles. The number of rotatable bonds is 8. The molecular weight excluding hydrogens is 408 g/mol. The van der Waals surface area contributed by atoms with Gasteiger partial charge in [-0.2, -0.15) is 0 Å². The largest absolute Gasteiger partial charge is 0.462 e. The van der Waals surface area contributed by atoms with E-state index in [9.17, 15) is 9.59 Å². The van der Waals surface area contributed by atoms with E-state index in [-0.39, 0.29) is 12.4 Å². The molecule has 0 aliphatic rings. The number of carbonyl (C=O) groups excluding carboxylic acids is 2. The first kappa shape index (κ1) is 21.3. The van der Waals surface area contributed by atoms with E-state index in [1.165, 1.54) is 11.8 Å². The molecule has 1 unspecified atom stereocenters. The zero-order valence-electron chi connectivity index (χ0n) is 17.1. The van der Waals surface area contributed by atoms with Crippen LogP contribution in [0.25, 0.3) is 10.7 Å². The van der Waals surface area contributed by atoms with Crippen molar-refractivity contribution < 1.29 is 14.3 Å². The highest BCUT2D eigenvalue weighted by Crippen LogP contribution is 2.31. The van der Waals surface area contributed by atoms with E-state index in [1.807, 2.05) is 35.9 Å². The number of nitrogens with one attached hydrogen (secondary N) is 1. The van der Waals surface area contributed by atoms with Gasteiger partial charge in [-0.05, 0) is 51.6 Å². The predicted molar refractivity (Wildman–Crippen MR) is 115 cm³/mol. The molecule has 0 radical (unpaired) electrons. The third-order valence-corrected chi connectivity index (χ3v) is 6.54. The van der Waals surface area contributed by atoms with Gasteiger partial charge in [0.25, 0.3) is 0 Å². The van der Waals surface area contributed by atoms with E-state index in [0.29, 0.717) is 34.2 Å². The summed E-state index contributed by atoms with van der Waals surface area (Å²) in [6.45, 7) is 10.2. The maximum atomic E-state index is 13.1. The first-order valence-corrected chi connectivity index (χ1v) is 11.2. The average molecular weight is 433 g/mol. The molecular formula is C20H24N4O3S2. The topological polar surface area (TPSA) is 89.9 Å². The van der Waals surface area contributed by atoms with E-state index in [4.69, 9.17) is 4.74 Å². The highest BCUT2D eigenvalue weighted by Gasteiger charge is 2.27. The minimum Gasteiger partial charge on any atom is -0.462 e. The fraction of sp³-hybridized carbons (Fsp3) is 0.400. The van der Waals surface area contributed by atoms with Crippen molar-refractivity contribution in [2.75, 3.05) is 6.61 Å². The van der Waals surface area contributed by atoms with Gasteiger partial charge in [-0.1, -0.05) is 17.8 Å². The molecule has 0 saturated heterocycles. The molecule has 0 aliphatic heterocycles. The number of nitrogens with zero attached hydrogens (tertiary/aromatic N) is 3. The predicted octanol–water partition coefficient (Wildman–Crippen LogP) is 4.51. The molecule has 0 fully saturated rings. The number of esters is 1. The molecule has 3 aromatic rings. The van der Waals surface area contributed by atoms with Crippen molar-refractivity contribution >= 4 is 34.9 Å². The Morgan fingerprint density at radius 3 is 2.69 bits per heavy atom. The Kier molecular flexibility index (Phi) is 6.59. The van der Waals surface area contributed by atoms with E-state index >= 15 is 0 Å². The average Bonchev–Trinajstić information content (AvgIpc) is 3.40. The molecule has 3 rings (SSSR count). The molecule has 3 heterocycles. The van der Waals surface area contributed by atoms with Gasteiger partial charge in [-0.25, -0.2) is 4.79 Å². The highest BCUT2D eigenvalue weighted by atomic mass is 32.2. The lowest BCUT2D eigenvalue weighted by Crippen LogP contribution is -2.16. The Hall–Kier alpha value is -2.39. The van der Waals surface area contributed by atoms with Crippen LogP contribution in [0, 0.1) is 13.8 Å². The smallest absolute Gasteiger partial charge is 0.340 e. The molecule has 7 nitrogen and oxygen atoms in total. The number of aromatic nitrogens is 4. The number of ether oxygens (including phenoxy) is 1. The molecule has 9 heteroatoms. The fourth-order valence-electron chi connectivity index (χ4n) is 3.17. The lowest BCUT2D eigenvalue weighted by molar-refractivity contribution is 0.0525. The van der Waals surface area contributed by atoms with Crippen LogP contribution in [0.4, 0.5) is 0 Å². The van der Waals surface area contributed by atoms with E-state index in [2.05, 4.69) is 15.2 Å². The summed E-state index contributed by atoms with van der Waals surface area (Å²) < 4.78 is 7.12. The van der Waals surface area contributed by atoms with Crippen molar-refractivity contribution in [1.29, 1.82) is 0 Å². The molecule has 0 bridgehead atoms. The zero-order valence-corrected chi connectivity index (χ0v) is 18.7. The van der Waals surface area contributed by atoms with E-state index in [1.54, 1.807) is 32.1 Å². The summed E-state index contributed by atoms with van der Waals surface area (Å²) in [5.74, 6) is 0.306. The van der Waals surface area contributed by atoms with Crippen molar-refractivity contribution in [2.45, 2.75) is 51.6 Å². The van der Waals surface area contributed by atoms with Gasteiger partial charge in [-0.3, -0.25) is 4.79 Å². The van der Waals surface area contributed by atoms with E-state index in [0.717, 1.165) is 10.7 Å². The molecule has 1 N–H and O–H groups in total. The Labute approximate surface area is 177 Å². The van der Waals surface area contributed by atoms with Crippen molar-refractivity contribution in [3.05, 3.63) is 40.0 Å². The number of thiophene rings is 1. The van der Waals surface area contributed by atoms with Crippen LogP contribution in [-0.2, 0) is 11.3 Å². The van der Waals surface area contributed by atoms with Crippen LogP contribution in [0.2, 0.25) is 0 Å². The number of carbonyl (C=O) groups is 2. The summed E-state index contributed by atoms with van der Waals surface area (Å²) in [7, 11) is 0. The number of ketones is 1. The number of aryl methyl sites for hydroxylation is 1. The molecule has 0 spiro atoms. The van der Waals surface area contributed by atoms with Crippen LogP contribution in [0.5, 0.6) is 0 Å². The second kappa shape index (κ2) is 8.96. The van der Waals surface area contributed by atoms with Gasteiger partial charge < -0.3 is 14.3 Å². The van der Waals surface area contributed by atoms with Gasteiger partial charge in [-0.15, -0.1) is 21.5 Å². The monoisotopic (exact) mass is 432 g/mol. The first-order chi connectivity index (χ1) is 13.9. The van der Waals surface area contributed by atoms with Crippen LogP contribution in [-0.4, -0.2) is 43.4 Å². The maximum absolute atomic E-state index is 13.1. The minimum absolute atomic E-state index is 0.0884. The lowest BCUT2D eigenvalue weighted by atomic mass is 10.1. The number of H-pyrrole nitrogens is 1. The summed E-state index contributed by atoms with van der Waals surface area (Å²) in [5, 5.41) is 10.9. The molecule has 154 valence electrons. The number of hydrogen-bond donors (Lipinski definition) is 1. The second-order valence-corrected chi connectivity index (χ2v) is 8.75. The summed E-state index contributed by atoms with van der Waals surface area (Å²) in [6.07, 6.45) is 0. The first-order valence-electron chi connectivity index (χ1n) is 9.43. The van der Waals surface area contributed by atoms with Crippen LogP contribution < -0.4 is 0 Å². The van der Waals surface area contributed by atoms with Gasteiger partial charge in [0.05, 0.1) is 28.0 Å². The summed E-state index contributed by atoms with van der Waals surface area (Å²) in [4.78, 5) is 29.4. The lowest BCUT2D eigenvalue weighted by Gasteiger charge is -2.11. The molecule has 0 aliphatic carbocycles. The quantitative estimate of drug-likeness (QED) is 0.320. The van der Waals surface area contributed by atoms with Gasteiger partial charge in [0.15, 0.2) is 16.8 Å².